The molecule has 1 rings (SSSR count). The van der Waals surface area contributed by atoms with Crippen molar-refractivity contribution >= 4 is 27.3 Å². The van der Waals surface area contributed by atoms with E-state index >= 15 is 0 Å². The van der Waals surface area contributed by atoms with Gasteiger partial charge in [-0.2, -0.15) is 0 Å². The summed E-state index contributed by atoms with van der Waals surface area (Å²) in [7, 11) is 0. The standard InChI is InChI=1S/C12H17BrN2O3/c1-3-12(2,6-7-16)14-10-5-4-9(13)8-11(10)15(17)18/h4-5,8,14,16H,3,6-7H2,1-2H3. The van der Waals surface area contributed by atoms with Crippen LogP contribution in [0.4, 0.5) is 11.4 Å². The lowest BCUT2D eigenvalue weighted by Gasteiger charge is -2.30. The molecule has 0 saturated heterocycles. The molecule has 0 fully saturated rings. The highest BCUT2D eigenvalue weighted by molar-refractivity contribution is 9.10. The third kappa shape index (κ3) is 3.68. The van der Waals surface area contributed by atoms with E-state index in [-0.39, 0.29) is 17.8 Å². The number of nitro benzene ring substituents is 1. The van der Waals surface area contributed by atoms with E-state index in [0.29, 0.717) is 16.6 Å². The number of benzene rings is 1. The van der Waals surface area contributed by atoms with Gasteiger partial charge >= 0.3 is 0 Å². The zero-order valence-electron chi connectivity index (χ0n) is 10.4. The maximum Gasteiger partial charge on any atom is 0.293 e. The fourth-order valence-electron chi connectivity index (χ4n) is 1.66. The average molecular weight is 317 g/mol. The fourth-order valence-corrected chi connectivity index (χ4v) is 2.01. The van der Waals surface area contributed by atoms with Crippen molar-refractivity contribution in [3.8, 4) is 0 Å². The number of hydrogen-bond acceptors (Lipinski definition) is 4. The molecule has 0 heterocycles. The Bertz CT molecular complexity index is 439. The lowest BCUT2D eigenvalue weighted by Crippen LogP contribution is -2.35. The van der Waals surface area contributed by atoms with Crippen molar-refractivity contribution in [3.05, 3.63) is 32.8 Å². The average Bonchev–Trinajstić information content (AvgIpc) is 2.31. The molecule has 2 N–H and O–H groups in total. The number of halogens is 1. The van der Waals surface area contributed by atoms with Crippen molar-refractivity contribution in [2.24, 2.45) is 0 Å². The Morgan fingerprint density at radius 3 is 2.72 bits per heavy atom. The minimum Gasteiger partial charge on any atom is -0.396 e. The smallest absolute Gasteiger partial charge is 0.293 e. The second kappa shape index (κ2) is 6.15. The number of hydrogen-bond donors (Lipinski definition) is 2. The molecule has 1 atom stereocenters. The van der Waals surface area contributed by atoms with Crippen molar-refractivity contribution in [1.82, 2.24) is 0 Å². The number of anilines is 1. The van der Waals surface area contributed by atoms with E-state index in [0.717, 1.165) is 6.42 Å². The van der Waals surface area contributed by atoms with E-state index in [9.17, 15) is 10.1 Å². The molecule has 1 aromatic rings. The third-order valence-electron chi connectivity index (χ3n) is 3.04. The number of aliphatic hydroxyl groups excluding tert-OH is 1. The van der Waals surface area contributed by atoms with Crippen LogP contribution in [-0.2, 0) is 0 Å². The Morgan fingerprint density at radius 2 is 2.22 bits per heavy atom. The van der Waals surface area contributed by atoms with Crippen LogP contribution in [0.1, 0.15) is 26.7 Å². The van der Waals surface area contributed by atoms with Crippen molar-refractivity contribution in [3.63, 3.8) is 0 Å². The van der Waals surface area contributed by atoms with E-state index in [1.807, 2.05) is 13.8 Å². The van der Waals surface area contributed by atoms with Gasteiger partial charge in [0.15, 0.2) is 0 Å². The van der Waals surface area contributed by atoms with Crippen LogP contribution in [0.2, 0.25) is 0 Å². The van der Waals surface area contributed by atoms with Gasteiger partial charge in [0.2, 0.25) is 0 Å². The summed E-state index contributed by atoms with van der Waals surface area (Å²) < 4.78 is 0.667. The summed E-state index contributed by atoms with van der Waals surface area (Å²) in [4.78, 5) is 10.6. The second-order valence-electron chi connectivity index (χ2n) is 4.43. The predicted molar refractivity (Wildman–Crippen MR) is 74.8 cm³/mol. The van der Waals surface area contributed by atoms with Crippen LogP contribution in [0, 0.1) is 10.1 Å². The first-order valence-electron chi connectivity index (χ1n) is 5.75. The molecular formula is C12H17BrN2O3. The van der Waals surface area contributed by atoms with Gasteiger partial charge in [0.25, 0.3) is 5.69 Å². The summed E-state index contributed by atoms with van der Waals surface area (Å²) in [5.74, 6) is 0. The van der Waals surface area contributed by atoms with Gasteiger partial charge in [-0.15, -0.1) is 0 Å². The largest absolute Gasteiger partial charge is 0.396 e. The lowest BCUT2D eigenvalue weighted by molar-refractivity contribution is -0.384. The van der Waals surface area contributed by atoms with Crippen LogP contribution < -0.4 is 5.32 Å². The summed E-state index contributed by atoms with van der Waals surface area (Å²) in [5.41, 5.74) is 0.149. The lowest BCUT2D eigenvalue weighted by atomic mass is 9.94. The third-order valence-corrected chi connectivity index (χ3v) is 3.53. The molecule has 0 radical (unpaired) electrons. The summed E-state index contributed by atoms with van der Waals surface area (Å²) in [5, 5.41) is 23.2. The van der Waals surface area contributed by atoms with E-state index in [1.165, 1.54) is 6.07 Å². The van der Waals surface area contributed by atoms with Gasteiger partial charge in [-0.05, 0) is 31.9 Å². The minimum atomic E-state index is -0.415. The van der Waals surface area contributed by atoms with Crippen molar-refractivity contribution in [2.45, 2.75) is 32.2 Å². The maximum absolute atomic E-state index is 11.0. The molecule has 100 valence electrons. The molecule has 0 saturated carbocycles. The zero-order valence-corrected chi connectivity index (χ0v) is 12.0. The van der Waals surface area contributed by atoms with E-state index in [1.54, 1.807) is 12.1 Å². The van der Waals surface area contributed by atoms with Crippen LogP contribution >= 0.6 is 15.9 Å². The second-order valence-corrected chi connectivity index (χ2v) is 5.35. The highest BCUT2D eigenvalue weighted by atomic mass is 79.9. The zero-order chi connectivity index (χ0) is 13.8. The van der Waals surface area contributed by atoms with E-state index in [4.69, 9.17) is 5.11 Å². The van der Waals surface area contributed by atoms with Gasteiger partial charge in [-0.3, -0.25) is 10.1 Å². The Kier molecular flexibility index (Phi) is 5.10. The topological polar surface area (TPSA) is 75.4 Å². The van der Waals surface area contributed by atoms with E-state index < -0.39 is 4.92 Å². The molecule has 6 heteroatoms. The van der Waals surface area contributed by atoms with E-state index in [2.05, 4.69) is 21.2 Å². The summed E-state index contributed by atoms with van der Waals surface area (Å²) in [6.45, 7) is 3.96. The van der Waals surface area contributed by atoms with Gasteiger partial charge in [-0.25, -0.2) is 0 Å². The summed E-state index contributed by atoms with van der Waals surface area (Å²) >= 11 is 3.22. The first-order valence-corrected chi connectivity index (χ1v) is 6.54. The Hall–Kier alpha value is -1.14. The molecule has 0 aliphatic heterocycles. The number of aliphatic hydroxyl groups is 1. The SMILES string of the molecule is CCC(C)(CCO)Nc1ccc(Br)cc1[N+](=O)[O-]. The number of nitrogens with one attached hydrogen (secondary N) is 1. The Balaban J connectivity index is 3.06. The van der Waals surface area contributed by atoms with Crippen LogP contribution in [0.5, 0.6) is 0 Å². The van der Waals surface area contributed by atoms with Gasteiger partial charge in [-0.1, -0.05) is 22.9 Å². The number of nitro groups is 1. The van der Waals surface area contributed by atoms with Crippen LogP contribution in [0.25, 0.3) is 0 Å². The molecule has 0 aliphatic carbocycles. The molecule has 5 nitrogen and oxygen atoms in total. The monoisotopic (exact) mass is 316 g/mol. The first-order chi connectivity index (χ1) is 8.41. The van der Waals surface area contributed by atoms with Gasteiger partial charge in [0, 0.05) is 22.7 Å². The fraction of sp³-hybridized carbons (Fsp3) is 0.500. The predicted octanol–water partition coefficient (Wildman–Crippen LogP) is 3.32. The Morgan fingerprint density at radius 1 is 1.56 bits per heavy atom. The minimum absolute atomic E-state index is 0.0296. The number of nitrogens with zero attached hydrogens (tertiary/aromatic N) is 1. The van der Waals surface area contributed by atoms with Crippen LogP contribution in [0.15, 0.2) is 22.7 Å². The molecule has 0 bridgehead atoms. The van der Waals surface area contributed by atoms with Crippen molar-refractivity contribution < 1.29 is 10.0 Å². The molecule has 1 unspecified atom stereocenters. The molecule has 18 heavy (non-hydrogen) atoms. The molecule has 0 spiro atoms. The quantitative estimate of drug-likeness (QED) is 0.623. The maximum atomic E-state index is 11.0. The van der Waals surface area contributed by atoms with Gasteiger partial charge in [0.1, 0.15) is 5.69 Å². The molecule has 0 amide bonds. The molecular weight excluding hydrogens is 300 g/mol. The van der Waals surface area contributed by atoms with Crippen molar-refractivity contribution in [2.75, 3.05) is 11.9 Å². The molecule has 0 aromatic heterocycles. The normalized spacial score (nSPS) is 14.0. The molecule has 1 aromatic carbocycles. The Labute approximate surface area is 114 Å². The van der Waals surface area contributed by atoms with Gasteiger partial charge in [0.05, 0.1) is 4.92 Å². The van der Waals surface area contributed by atoms with Crippen molar-refractivity contribution in [1.29, 1.82) is 0 Å². The molecule has 0 aliphatic rings. The van der Waals surface area contributed by atoms with Gasteiger partial charge < -0.3 is 10.4 Å². The first kappa shape index (κ1) is 14.9. The van der Waals surface area contributed by atoms with Crippen LogP contribution in [0.3, 0.4) is 0 Å². The highest BCUT2D eigenvalue weighted by Crippen LogP contribution is 2.31. The summed E-state index contributed by atoms with van der Waals surface area (Å²) in [6, 6.07) is 4.90. The number of rotatable bonds is 6. The highest BCUT2D eigenvalue weighted by Gasteiger charge is 2.25. The van der Waals surface area contributed by atoms with Crippen LogP contribution in [-0.4, -0.2) is 22.2 Å². The summed E-state index contributed by atoms with van der Waals surface area (Å²) in [6.07, 6.45) is 1.30.